The van der Waals surface area contributed by atoms with Gasteiger partial charge in [-0.3, -0.25) is 9.59 Å². The highest BCUT2D eigenvalue weighted by molar-refractivity contribution is 7.89. The summed E-state index contributed by atoms with van der Waals surface area (Å²) in [5, 5.41) is 2.80. The number of hydrogen-bond donors (Lipinski definition) is 2. The number of nitrogens with zero attached hydrogens (tertiary/aromatic N) is 2. The minimum absolute atomic E-state index is 0.137. The first kappa shape index (κ1) is 19.8. The van der Waals surface area contributed by atoms with Crippen molar-refractivity contribution in [1.29, 1.82) is 0 Å². The maximum absolute atomic E-state index is 13.1. The Hall–Kier alpha value is -2.46. The van der Waals surface area contributed by atoms with Crippen LogP contribution in [0.25, 0.3) is 0 Å². The van der Waals surface area contributed by atoms with Crippen molar-refractivity contribution in [2.75, 3.05) is 18.5 Å². The summed E-state index contributed by atoms with van der Waals surface area (Å²) in [5.41, 5.74) is 0.496. The number of benzene rings is 1. The lowest BCUT2D eigenvalue weighted by Crippen LogP contribution is -2.51. The quantitative estimate of drug-likeness (QED) is 0.697. The summed E-state index contributed by atoms with van der Waals surface area (Å²) in [6.07, 6.45) is 3.46. The number of carbonyl (C=O) groups is 3. The van der Waals surface area contributed by atoms with Crippen molar-refractivity contribution in [3.05, 3.63) is 23.8 Å². The maximum atomic E-state index is 13.1. The molecule has 3 aliphatic rings. The van der Waals surface area contributed by atoms with E-state index in [1.54, 1.807) is 19.1 Å². The van der Waals surface area contributed by atoms with Crippen LogP contribution in [-0.2, 0) is 26.0 Å². The Morgan fingerprint density at radius 2 is 1.93 bits per heavy atom. The number of rotatable bonds is 4. The van der Waals surface area contributed by atoms with Crippen molar-refractivity contribution in [2.24, 2.45) is 0 Å². The molecule has 1 saturated carbocycles. The van der Waals surface area contributed by atoms with Crippen molar-refractivity contribution in [1.82, 2.24) is 14.9 Å². The topological polar surface area (TPSA) is 116 Å². The van der Waals surface area contributed by atoms with E-state index < -0.39 is 27.6 Å². The molecule has 4 amide bonds. The maximum Gasteiger partial charge on any atom is 0.325 e. The molecule has 156 valence electrons. The molecular weight excluding hydrogens is 396 g/mol. The summed E-state index contributed by atoms with van der Waals surface area (Å²) < 4.78 is 26.3. The Balaban J connectivity index is 1.57. The average molecular weight is 420 g/mol. The van der Waals surface area contributed by atoms with Gasteiger partial charge in [-0.05, 0) is 57.0 Å². The zero-order chi connectivity index (χ0) is 21.0. The van der Waals surface area contributed by atoms with Crippen molar-refractivity contribution in [3.63, 3.8) is 0 Å². The van der Waals surface area contributed by atoms with E-state index in [-0.39, 0.29) is 16.7 Å². The minimum Gasteiger partial charge on any atom is -0.323 e. The zero-order valence-electron chi connectivity index (χ0n) is 16.4. The van der Waals surface area contributed by atoms with Crippen LogP contribution in [0.3, 0.4) is 0 Å². The summed E-state index contributed by atoms with van der Waals surface area (Å²) in [6.45, 7) is 1.93. The lowest BCUT2D eigenvalue weighted by Gasteiger charge is -2.27. The van der Waals surface area contributed by atoms with Crippen LogP contribution in [0, 0.1) is 0 Å². The van der Waals surface area contributed by atoms with Gasteiger partial charge in [0.05, 0.1) is 4.90 Å². The number of imide groups is 1. The van der Waals surface area contributed by atoms with Gasteiger partial charge in [-0.2, -0.15) is 0 Å². The largest absolute Gasteiger partial charge is 0.325 e. The first-order chi connectivity index (χ1) is 13.7. The van der Waals surface area contributed by atoms with Gasteiger partial charge in [0.25, 0.3) is 5.91 Å². The lowest BCUT2D eigenvalue weighted by molar-refractivity contribution is -0.136. The van der Waals surface area contributed by atoms with E-state index >= 15 is 0 Å². The van der Waals surface area contributed by atoms with Gasteiger partial charge in [0, 0.05) is 12.2 Å². The standard InChI is InChI=1S/C19H24N4O5S/c1-12(23-17(25)19(21-18(23)26)8-3-4-9-19)16(24)22-10-7-13-11-14(5-6-15(13)22)29(27,28)20-2/h5-6,11-12,20H,3-4,7-10H2,1-2H3,(H,21,26). The van der Waals surface area contributed by atoms with E-state index in [4.69, 9.17) is 0 Å². The summed E-state index contributed by atoms with van der Waals surface area (Å²) >= 11 is 0. The Kier molecular flexibility index (Phi) is 4.66. The first-order valence-corrected chi connectivity index (χ1v) is 11.2. The number of carbonyl (C=O) groups excluding carboxylic acids is 3. The van der Waals surface area contributed by atoms with Crippen molar-refractivity contribution in [3.8, 4) is 0 Å². The van der Waals surface area contributed by atoms with Crippen LogP contribution in [0.2, 0.25) is 0 Å². The second-order valence-electron chi connectivity index (χ2n) is 7.81. The van der Waals surface area contributed by atoms with E-state index in [1.807, 2.05) is 0 Å². The summed E-state index contributed by atoms with van der Waals surface area (Å²) in [5.74, 6) is -0.678. The van der Waals surface area contributed by atoms with Crippen molar-refractivity contribution in [2.45, 2.75) is 55.5 Å². The van der Waals surface area contributed by atoms with Crippen LogP contribution < -0.4 is 14.9 Å². The Morgan fingerprint density at radius 1 is 1.24 bits per heavy atom. The fourth-order valence-electron chi connectivity index (χ4n) is 4.54. The van der Waals surface area contributed by atoms with Gasteiger partial charge in [-0.1, -0.05) is 12.8 Å². The van der Waals surface area contributed by atoms with Crippen molar-refractivity contribution < 1.29 is 22.8 Å². The Labute approximate surface area is 169 Å². The van der Waals surface area contributed by atoms with E-state index in [1.165, 1.54) is 18.0 Å². The fourth-order valence-corrected chi connectivity index (χ4v) is 5.32. The molecule has 2 fully saturated rings. The normalized spacial score (nSPS) is 21.6. The fraction of sp³-hybridized carbons (Fsp3) is 0.526. The average Bonchev–Trinajstić information content (AvgIpc) is 3.39. The molecule has 1 unspecified atom stereocenters. The van der Waals surface area contributed by atoms with E-state index in [0.717, 1.165) is 23.3 Å². The molecule has 4 rings (SSSR count). The second-order valence-corrected chi connectivity index (χ2v) is 9.69. The number of anilines is 1. The number of sulfonamides is 1. The van der Waals surface area contributed by atoms with Crippen LogP contribution in [-0.4, -0.2) is 56.3 Å². The number of amides is 4. The highest BCUT2D eigenvalue weighted by atomic mass is 32.2. The molecule has 1 aromatic carbocycles. The van der Waals surface area contributed by atoms with E-state index in [9.17, 15) is 22.8 Å². The second kappa shape index (κ2) is 6.81. The highest BCUT2D eigenvalue weighted by Crippen LogP contribution is 2.37. The molecule has 0 bridgehead atoms. The summed E-state index contributed by atoms with van der Waals surface area (Å²) in [4.78, 5) is 41.3. The van der Waals surface area contributed by atoms with Crippen LogP contribution in [0.5, 0.6) is 0 Å². The van der Waals surface area contributed by atoms with Crippen LogP contribution in [0.15, 0.2) is 23.1 Å². The molecule has 0 radical (unpaired) electrons. The molecule has 9 nitrogen and oxygen atoms in total. The number of urea groups is 1. The Bertz CT molecular complexity index is 1000. The molecule has 1 aromatic rings. The van der Waals surface area contributed by atoms with Gasteiger partial charge in [0.2, 0.25) is 15.9 Å². The number of nitrogens with one attached hydrogen (secondary N) is 2. The van der Waals surface area contributed by atoms with Crippen LogP contribution in [0.4, 0.5) is 10.5 Å². The third-order valence-corrected chi connectivity index (χ3v) is 7.60. The smallest absolute Gasteiger partial charge is 0.323 e. The van der Waals surface area contributed by atoms with E-state index in [2.05, 4.69) is 10.0 Å². The summed E-state index contributed by atoms with van der Waals surface area (Å²) in [6, 6.07) is 3.14. The van der Waals surface area contributed by atoms with Gasteiger partial charge < -0.3 is 10.2 Å². The lowest BCUT2D eigenvalue weighted by atomic mass is 9.97. The predicted molar refractivity (Wildman–Crippen MR) is 105 cm³/mol. The van der Waals surface area contributed by atoms with Gasteiger partial charge in [-0.15, -0.1) is 0 Å². The molecule has 1 saturated heterocycles. The molecule has 29 heavy (non-hydrogen) atoms. The van der Waals surface area contributed by atoms with Gasteiger partial charge >= 0.3 is 6.03 Å². The van der Waals surface area contributed by atoms with Crippen LogP contribution >= 0.6 is 0 Å². The number of hydrogen-bond acceptors (Lipinski definition) is 5. The monoisotopic (exact) mass is 420 g/mol. The summed E-state index contributed by atoms with van der Waals surface area (Å²) in [7, 11) is -2.23. The molecule has 1 aliphatic carbocycles. The molecular formula is C19H24N4O5S. The molecule has 2 aliphatic heterocycles. The third-order valence-electron chi connectivity index (χ3n) is 6.19. The number of fused-ring (bicyclic) bond motifs is 1. The molecule has 0 aromatic heterocycles. The molecule has 2 N–H and O–H groups in total. The first-order valence-electron chi connectivity index (χ1n) is 9.74. The van der Waals surface area contributed by atoms with Gasteiger partial charge in [0.1, 0.15) is 11.6 Å². The minimum atomic E-state index is -3.57. The predicted octanol–water partition coefficient (Wildman–Crippen LogP) is 0.737. The highest BCUT2D eigenvalue weighted by Gasteiger charge is 2.55. The molecule has 10 heteroatoms. The Morgan fingerprint density at radius 3 is 2.59 bits per heavy atom. The van der Waals surface area contributed by atoms with Crippen LogP contribution in [0.1, 0.15) is 38.2 Å². The van der Waals surface area contributed by atoms with E-state index in [0.29, 0.717) is 31.5 Å². The third kappa shape index (κ3) is 3.01. The molecule has 1 spiro atoms. The molecule has 2 heterocycles. The zero-order valence-corrected chi connectivity index (χ0v) is 17.2. The molecule has 1 atom stereocenters. The van der Waals surface area contributed by atoms with Gasteiger partial charge in [-0.25, -0.2) is 22.8 Å². The van der Waals surface area contributed by atoms with Crippen molar-refractivity contribution >= 4 is 33.6 Å². The SMILES string of the molecule is CNS(=O)(=O)c1ccc2c(c1)CCN2C(=O)C(C)N1C(=O)NC2(CCCC2)C1=O. The van der Waals surface area contributed by atoms with Gasteiger partial charge in [0.15, 0.2) is 0 Å².